The van der Waals surface area contributed by atoms with E-state index in [1.165, 1.54) is 0 Å². The van der Waals surface area contributed by atoms with Gasteiger partial charge in [0.05, 0.1) is 4.90 Å². The summed E-state index contributed by atoms with van der Waals surface area (Å²) in [7, 11) is -3.45. The van der Waals surface area contributed by atoms with E-state index >= 15 is 0 Å². The molecule has 0 heterocycles. The fraction of sp³-hybridized carbons (Fsp3) is 0.250. The highest BCUT2D eigenvalue weighted by molar-refractivity contribution is 9.10. The number of hydrogen-bond acceptors (Lipinski definition) is 4. The monoisotopic (exact) mass is 414 g/mol. The standard InChI is InChI=1S/C16H19BrN2O2S2/c17-15-7-3-13(4-8-15)14-5-9-16(10-6-14)23(20,21)19-12-2-1-11-18-22/h3-10,18-19,22H,1-2,11-12H2. The number of thiol groups is 1. The number of hydrogen-bond donors (Lipinski definition) is 3. The highest BCUT2D eigenvalue weighted by Crippen LogP contribution is 2.23. The van der Waals surface area contributed by atoms with Gasteiger partial charge in [0.1, 0.15) is 0 Å². The van der Waals surface area contributed by atoms with Gasteiger partial charge in [-0.1, -0.05) is 53.0 Å². The van der Waals surface area contributed by atoms with Crippen LogP contribution in [-0.2, 0) is 10.0 Å². The lowest BCUT2D eigenvalue weighted by molar-refractivity contribution is 0.576. The summed E-state index contributed by atoms with van der Waals surface area (Å²) in [6.07, 6.45) is 1.64. The van der Waals surface area contributed by atoms with Crippen LogP contribution in [0, 0.1) is 0 Å². The maximum atomic E-state index is 12.2. The maximum Gasteiger partial charge on any atom is 0.240 e. The highest BCUT2D eigenvalue weighted by Gasteiger charge is 2.13. The molecule has 2 N–H and O–H groups in total. The molecule has 0 saturated carbocycles. The molecule has 0 saturated heterocycles. The van der Waals surface area contributed by atoms with Gasteiger partial charge >= 0.3 is 0 Å². The number of benzene rings is 2. The van der Waals surface area contributed by atoms with E-state index in [-0.39, 0.29) is 4.90 Å². The van der Waals surface area contributed by atoms with Gasteiger partial charge in [0.15, 0.2) is 0 Å². The summed E-state index contributed by atoms with van der Waals surface area (Å²) in [5.41, 5.74) is 2.03. The van der Waals surface area contributed by atoms with E-state index < -0.39 is 10.0 Å². The van der Waals surface area contributed by atoms with Crippen molar-refractivity contribution in [1.29, 1.82) is 0 Å². The molecule has 0 aliphatic carbocycles. The van der Waals surface area contributed by atoms with E-state index in [1.807, 2.05) is 36.4 Å². The molecular weight excluding hydrogens is 396 g/mol. The Morgan fingerprint density at radius 2 is 1.39 bits per heavy atom. The summed E-state index contributed by atoms with van der Waals surface area (Å²) in [5.74, 6) is 0. The Hall–Kier alpha value is -0.860. The van der Waals surface area contributed by atoms with Gasteiger partial charge in [-0.25, -0.2) is 13.1 Å². The third-order valence-corrected chi connectivity index (χ3v) is 5.58. The van der Waals surface area contributed by atoms with Crippen molar-refractivity contribution in [2.75, 3.05) is 13.1 Å². The molecule has 4 nitrogen and oxygen atoms in total. The molecule has 0 aliphatic rings. The van der Waals surface area contributed by atoms with E-state index in [1.54, 1.807) is 12.1 Å². The van der Waals surface area contributed by atoms with Gasteiger partial charge < -0.3 is 0 Å². The third-order valence-electron chi connectivity index (χ3n) is 3.35. The lowest BCUT2D eigenvalue weighted by Crippen LogP contribution is -2.25. The molecule has 2 aromatic carbocycles. The molecule has 124 valence electrons. The number of unbranched alkanes of at least 4 members (excludes halogenated alkanes) is 1. The topological polar surface area (TPSA) is 58.2 Å². The first-order chi connectivity index (χ1) is 11.0. The SMILES string of the molecule is O=S(=O)(NCCCCNS)c1ccc(-c2ccc(Br)cc2)cc1. The molecule has 0 fully saturated rings. The zero-order chi connectivity index (χ0) is 16.7. The minimum atomic E-state index is -3.45. The summed E-state index contributed by atoms with van der Waals surface area (Å²) in [5, 5.41) is 0. The van der Waals surface area contributed by atoms with Crippen molar-refractivity contribution >= 4 is 38.8 Å². The minimum Gasteiger partial charge on any atom is -0.267 e. The molecule has 2 rings (SSSR count). The molecule has 0 amide bonds. The Labute approximate surface area is 151 Å². The van der Waals surface area contributed by atoms with E-state index in [0.717, 1.165) is 35.0 Å². The Kier molecular flexibility index (Phi) is 7.10. The van der Waals surface area contributed by atoms with Gasteiger partial charge in [0.25, 0.3) is 0 Å². The summed E-state index contributed by atoms with van der Waals surface area (Å²) in [6, 6.07) is 14.8. The molecule has 0 aromatic heterocycles. The Bertz CT molecular complexity index is 717. The number of sulfonamides is 1. The van der Waals surface area contributed by atoms with Gasteiger partial charge in [-0.2, -0.15) is 0 Å². The smallest absolute Gasteiger partial charge is 0.240 e. The van der Waals surface area contributed by atoms with Crippen molar-refractivity contribution in [3.8, 4) is 11.1 Å². The first-order valence-corrected chi connectivity index (χ1v) is 9.98. The van der Waals surface area contributed by atoms with Crippen molar-refractivity contribution in [3.63, 3.8) is 0 Å². The first kappa shape index (κ1) is 18.5. The number of halogens is 1. The molecule has 2 aromatic rings. The summed E-state index contributed by atoms with van der Waals surface area (Å²) in [4.78, 5) is 0.283. The van der Waals surface area contributed by atoms with E-state index in [2.05, 4.69) is 38.2 Å². The van der Waals surface area contributed by atoms with Gasteiger partial charge in [-0.15, -0.1) is 0 Å². The summed E-state index contributed by atoms with van der Waals surface area (Å²) in [6.45, 7) is 1.18. The molecule has 23 heavy (non-hydrogen) atoms. The van der Waals surface area contributed by atoms with Crippen molar-refractivity contribution in [3.05, 3.63) is 53.0 Å². The lowest BCUT2D eigenvalue weighted by Gasteiger charge is -2.08. The molecule has 0 atom stereocenters. The maximum absolute atomic E-state index is 12.2. The van der Waals surface area contributed by atoms with E-state index in [9.17, 15) is 8.42 Å². The predicted molar refractivity (Wildman–Crippen MR) is 101 cm³/mol. The molecule has 0 aliphatic heterocycles. The largest absolute Gasteiger partial charge is 0.267 e. The molecule has 0 spiro atoms. The first-order valence-electron chi connectivity index (χ1n) is 7.25. The molecule has 0 unspecified atom stereocenters. The molecule has 7 heteroatoms. The molecule has 0 radical (unpaired) electrons. The average Bonchev–Trinajstić information content (AvgIpc) is 2.55. The lowest BCUT2D eigenvalue weighted by atomic mass is 10.1. The number of rotatable bonds is 8. The van der Waals surface area contributed by atoms with E-state index in [0.29, 0.717) is 6.54 Å². The summed E-state index contributed by atoms with van der Waals surface area (Å²) < 4.78 is 30.8. The van der Waals surface area contributed by atoms with Crippen LogP contribution in [0.15, 0.2) is 57.9 Å². The Morgan fingerprint density at radius 1 is 0.870 bits per heavy atom. The second kappa shape index (κ2) is 8.84. The van der Waals surface area contributed by atoms with Gasteiger partial charge in [0.2, 0.25) is 10.0 Å². The second-order valence-electron chi connectivity index (χ2n) is 5.04. The van der Waals surface area contributed by atoms with Crippen LogP contribution in [-0.4, -0.2) is 21.5 Å². The van der Waals surface area contributed by atoms with Crippen LogP contribution in [0.1, 0.15) is 12.8 Å². The van der Waals surface area contributed by atoms with Crippen LogP contribution in [0.2, 0.25) is 0 Å². The fourth-order valence-corrected chi connectivity index (χ4v) is 3.58. The number of nitrogens with one attached hydrogen (secondary N) is 2. The normalized spacial score (nSPS) is 11.6. The van der Waals surface area contributed by atoms with Gasteiger partial charge in [0, 0.05) is 17.6 Å². The van der Waals surface area contributed by atoms with Gasteiger partial charge in [-0.05, 0) is 48.2 Å². The second-order valence-corrected chi connectivity index (χ2v) is 8.04. The fourth-order valence-electron chi connectivity index (χ4n) is 2.09. The Morgan fingerprint density at radius 3 is 1.96 bits per heavy atom. The molecule has 0 bridgehead atoms. The predicted octanol–water partition coefficient (Wildman–Crippen LogP) is 3.61. The van der Waals surface area contributed by atoms with Crippen LogP contribution in [0.4, 0.5) is 0 Å². The van der Waals surface area contributed by atoms with Crippen molar-refractivity contribution in [1.82, 2.24) is 9.44 Å². The zero-order valence-corrected chi connectivity index (χ0v) is 15.8. The van der Waals surface area contributed by atoms with Crippen molar-refractivity contribution in [2.45, 2.75) is 17.7 Å². The summed E-state index contributed by atoms with van der Waals surface area (Å²) >= 11 is 7.29. The van der Waals surface area contributed by atoms with Crippen molar-refractivity contribution in [2.24, 2.45) is 0 Å². The van der Waals surface area contributed by atoms with Gasteiger partial charge in [-0.3, -0.25) is 4.72 Å². The quantitative estimate of drug-likeness (QED) is 0.456. The van der Waals surface area contributed by atoms with E-state index in [4.69, 9.17) is 0 Å². The van der Waals surface area contributed by atoms with Crippen LogP contribution in [0.25, 0.3) is 11.1 Å². The van der Waals surface area contributed by atoms with Crippen molar-refractivity contribution < 1.29 is 8.42 Å². The zero-order valence-electron chi connectivity index (χ0n) is 12.5. The van der Waals surface area contributed by atoms with Crippen LogP contribution < -0.4 is 9.44 Å². The Balaban J connectivity index is 2.02. The van der Waals surface area contributed by atoms with Crippen LogP contribution >= 0.6 is 28.7 Å². The third kappa shape index (κ3) is 5.61. The molecular formula is C16H19BrN2O2S2. The van der Waals surface area contributed by atoms with Crippen LogP contribution in [0.5, 0.6) is 0 Å². The minimum absolute atomic E-state index is 0.283. The highest BCUT2D eigenvalue weighted by atomic mass is 79.9. The van der Waals surface area contributed by atoms with Crippen LogP contribution in [0.3, 0.4) is 0 Å². The average molecular weight is 415 g/mol.